The van der Waals surface area contributed by atoms with Crippen molar-refractivity contribution in [1.82, 2.24) is 15.5 Å². The molecule has 1 saturated heterocycles. The minimum atomic E-state index is 0.0810. The maximum absolute atomic E-state index is 11.4. The molecule has 4 nitrogen and oxygen atoms in total. The van der Waals surface area contributed by atoms with E-state index in [0.717, 1.165) is 13.1 Å². The van der Waals surface area contributed by atoms with Crippen LogP contribution in [-0.2, 0) is 4.79 Å². The fourth-order valence-electron chi connectivity index (χ4n) is 2.51. The van der Waals surface area contributed by atoms with E-state index in [4.69, 9.17) is 0 Å². The average Bonchev–Trinajstić information content (AvgIpc) is 2.59. The maximum Gasteiger partial charge on any atom is 0.222 e. The first-order chi connectivity index (χ1) is 9.00. The van der Waals surface area contributed by atoms with Crippen LogP contribution < -0.4 is 10.6 Å². The molecule has 0 aromatic carbocycles. The number of hydrogen-bond donors (Lipinski definition) is 2. The Morgan fingerprint density at radius 3 is 2.53 bits per heavy atom. The number of nitrogens with zero attached hydrogens (tertiary/aromatic N) is 1. The van der Waals surface area contributed by atoms with E-state index in [2.05, 4.69) is 29.4 Å². The molecule has 1 heterocycles. The molecule has 0 saturated carbocycles. The van der Waals surface area contributed by atoms with Gasteiger partial charge in [0.2, 0.25) is 5.91 Å². The molecule has 0 aliphatic carbocycles. The van der Waals surface area contributed by atoms with Crippen LogP contribution in [0.25, 0.3) is 0 Å². The molecule has 0 spiro atoms. The number of likely N-dealkylation sites (tertiary alicyclic amines) is 1. The van der Waals surface area contributed by atoms with Crippen LogP contribution in [-0.4, -0.2) is 49.1 Å². The van der Waals surface area contributed by atoms with Gasteiger partial charge in [0, 0.05) is 31.1 Å². The van der Waals surface area contributed by atoms with Crippen molar-refractivity contribution in [3.8, 4) is 0 Å². The van der Waals surface area contributed by atoms with Crippen molar-refractivity contribution in [2.45, 2.75) is 59.0 Å². The third-order valence-electron chi connectivity index (χ3n) is 3.87. The van der Waals surface area contributed by atoms with E-state index < -0.39 is 0 Å². The number of carbonyl (C=O) groups excluding carboxylic acids is 1. The first-order valence-corrected chi connectivity index (χ1v) is 7.76. The molecule has 1 aliphatic rings. The predicted molar refractivity (Wildman–Crippen MR) is 80.2 cm³/mol. The summed E-state index contributed by atoms with van der Waals surface area (Å²) in [6.07, 6.45) is 3.74. The highest BCUT2D eigenvalue weighted by molar-refractivity contribution is 5.77. The third-order valence-corrected chi connectivity index (χ3v) is 3.87. The van der Waals surface area contributed by atoms with Crippen LogP contribution in [0.3, 0.4) is 0 Å². The summed E-state index contributed by atoms with van der Waals surface area (Å²) in [6.45, 7) is 12.4. The molecule has 112 valence electrons. The number of carbonyl (C=O) groups is 1. The largest absolute Gasteiger partial charge is 0.355 e. The van der Waals surface area contributed by atoms with Crippen molar-refractivity contribution < 1.29 is 4.79 Å². The zero-order valence-electron chi connectivity index (χ0n) is 13.0. The summed E-state index contributed by atoms with van der Waals surface area (Å²) >= 11 is 0. The first-order valence-electron chi connectivity index (χ1n) is 7.76. The van der Waals surface area contributed by atoms with Gasteiger partial charge >= 0.3 is 0 Å². The third kappa shape index (κ3) is 6.39. The summed E-state index contributed by atoms with van der Waals surface area (Å²) in [5.41, 5.74) is 0. The molecule has 1 aliphatic heterocycles. The Morgan fingerprint density at radius 2 is 1.89 bits per heavy atom. The van der Waals surface area contributed by atoms with E-state index in [1.165, 1.54) is 32.4 Å². The highest BCUT2D eigenvalue weighted by Gasteiger charge is 2.18. The van der Waals surface area contributed by atoms with Gasteiger partial charge in [-0.1, -0.05) is 13.8 Å². The lowest BCUT2D eigenvalue weighted by Crippen LogP contribution is -2.39. The zero-order chi connectivity index (χ0) is 14.3. The molecule has 1 unspecified atom stereocenters. The molecule has 1 atom stereocenters. The number of rotatable bonds is 6. The van der Waals surface area contributed by atoms with Crippen LogP contribution >= 0.6 is 0 Å². The van der Waals surface area contributed by atoms with Crippen molar-refractivity contribution in [2.24, 2.45) is 5.92 Å². The van der Waals surface area contributed by atoms with E-state index in [1.54, 1.807) is 0 Å². The Labute approximate surface area is 118 Å². The topological polar surface area (TPSA) is 44.4 Å². The molecule has 19 heavy (non-hydrogen) atoms. The van der Waals surface area contributed by atoms with Gasteiger partial charge < -0.3 is 15.5 Å². The van der Waals surface area contributed by atoms with E-state index in [1.807, 2.05) is 13.8 Å². The van der Waals surface area contributed by atoms with Gasteiger partial charge in [-0.05, 0) is 46.2 Å². The van der Waals surface area contributed by atoms with Gasteiger partial charge in [0.15, 0.2) is 0 Å². The number of hydrogen-bond acceptors (Lipinski definition) is 3. The summed E-state index contributed by atoms with van der Waals surface area (Å²) < 4.78 is 0. The second kappa shape index (κ2) is 8.54. The molecule has 4 heteroatoms. The van der Waals surface area contributed by atoms with Gasteiger partial charge in [0.1, 0.15) is 0 Å². The summed E-state index contributed by atoms with van der Waals surface area (Å²) in [5.74, 6) is 0.228. The standard InChI is InChI=1S/C15H31N3O/c1-12(2)15(19)17-9-8-16-14-6-5-10-18(11-7-14)13(3)4/h12-14,16H,5-11H2,1-4H3,(H,17,19). The van der Waals surface area contributed by atoms with Crippen LogP contribution in [0, 0.1) is 5.92 Å². The molecule has 0 radical (unpaired) electrons. The lowest BCUT2D eigenvalue weighted by Gasteiger charge is -2.24. The van der Waals surface area contributed by atoms with Gasteiger partial charge in [-0.25, -0.2) is 0 Å². The predicted octanol–water partition coefficient (Wildman–Crippen LogP) is 1.61. The zero-order valence-corrected chi connectivity index (χ0v) is 13.0. The van der Waals surface area contributed by atoms with Crippen LogP contribution in [0.15, 0.2) is 0 Å². The molecule has 0 bridgehead atoms. The molecule has 1 rings (SSSR count). The summed E-state index contributed by atoms with van der Waals surface area (Å²) in [4.78, 5) is 14.0. The highest BCUT2D eigenvalue weighted by Crippen LogP contribution is 2.12. The SMILES string of the molecule is CC(C)C(=O)NCCNC1CCCN(C(C)C)CC1. The van der Waals surface area contributed by atoms with Crippen LogP contribution in [0.2, 0.25) is 0 Å². The second-order valence-electron chi connectivity index (χ2n) is 6.16. The Hall–Kier alpha value is -0.610. The van der Waals surface area contributed by atoms with Crippen molar-refractivity contribution in [3.05, 3.63) is 0 Å². The van der Waals surface area contributed by atoms with Crippen molar-refractivity contribution in [2.75, 3.05) is 26.2 Å². The normalized spacial score (nSPS) is 21.7. The lowest BCUT2D eigenvalue weighted by molar-refractivity contribution is -0.123. The minimum Gasteiger partial charge on any atom is -0.355 e. The molecular weight excluding hydrogens is 238 g/mol. The van der Waals surface area contributed by atoms with Crippen molar-refractivity contribution in [1.29, 1.82) is 0 Å². The van der Waals surface area contributed by atoms with E-state index in [-0.39, 0.29) is 11.8 Å². The molecule has 1 fully saturated rings. The molecular formula is C15H31N3O. The number of amides is 1. The smallest absolute Gasteiger partial charge is 0.222 e. The minimum absolute atomic E-state index is 0.0810. The highest BCUT2D eigenvalue weighted by atomic mass is 16.1. The fraction of sp³-hybridized carbons (Fsp3) is 0.933. The maximum atomic E-state index is 11.4. The Morgan fingerprint density at radius 1 is 1.16 bits per heavy atom. The monoisotopic (exact) mass is 269 g/mol. The second-order valence-corrected chi connectivity index (χ2v) is 6.16. The molecule has 0 aromatic heterocycles. The van der Waals surface area contributed by atoms with Crippen molar-refractivity contribution >= 4 is 5.91 Å². The van der Waals surface area contributed by atoms with E-state index in [9.17, 15) is 4.79 Å². The van der Waals surface area contributed by atoms with E-state index >= 15 is 0 Å². The summed E-state index contributed by atoms with van der Waals surface area (Å²) in [7, 11) is 0. The van der Waals surface area contributed by atoms with Crippen LogP contribution in [0.5, 0.6) is 0 Å². The average molecular weight is 269 g/mol. The quantitative estimate of drug-likeness (QED) is 0.720. The van der Waals surface area contributed by atoms with Gasteiger partial charge in [-0.3, -0.25) is 4.79 Å². The van der Waals surface area contributed by atoms with Gasteiger partial charge in [0.25, 0.3) is 0 Å². The van der Waals surface area contributed by atoms with Gasteiger partial charge in [-0.2, -0.15) is 0 Å². The Balaban J connectivity index is 2.15. The van der Waals surface area contributed by atoms with Crippen LogP contribution in [0.1, 0.15) is 47.0 Å². The van der Waals surface area contributed by atoms with Gasteiger partial charge in [0.05, 0.1) is 0 Å². The Bertz CT molecular complexity index is 266. The first kappa shape index (κ1) is 16.4. The fourth-order valence-corrected chi connectivity index (χ4v) is 2.51. The molecule has 2 N–H and O–H groups in total. The summed E-state index contributed by atoms with van der Waals surface area (Å²) in [5, 5.41) is 6.53. The van der Waals surface area contributed by atoms with Crippen molar-refractivity contribution in [3.63, 3.8) is 0 Å². The molecule has 0 aromatic rings. The lowest BCUT2D eigenvalue weighted by atomic mass is 10.1. The Kier molecular flexibility index (Phi) is 7.39. The summed E-state index contributed by atoms with van der Waals surface area (Å²) in [6, 6.07) is 1.27. The van der Waals surface area contributed by atoms with Gasteiger partial charge in [-0.15, -0.1) is 0 Å². The molecule has 1 amide bonds. The number of nitrogens with one attached hydrogen (secondary N) is 2. The van der Waals surface area contributed by atoms with E-state index in [0.29, 0.717) is 12.1 Å². The van der Waals surface area contributed by atoms with Crippen LogP contribution in [0.4, 0.5) is 0 Å².